The Morgan fingerprint density at radius 1 is 1.15 bits per heavy atom. The summed E-state index contributed by atoms with van der Waals surface area (Å²) in [7, 11) is 0. The van der Waals surface area contributed by atoms with Gasteiger partial charge in [-0.15, -0.1) is 0 Å². The number of rotatable bonds is 8. The molecule has 0 radical (unpaired) electrons. The molecule has 134 valence electrons. The zero-order valence-corrected chi connectivity index (χ0v) is 14.6. The number of carbonyl (C=O) groups is 1. The molecule has 0 unspecified atom stereocenters. The fourth-order valence-electron chi connectivity index (χ4n) is 2.46. The van der Waals surface area contributed by atoms with Crippen molar-refractivity contribution in [1.82, 2.24) is 20.4 Å². The minimum absolute atomic E-state index is 0.0855. The summed E-state index contributed by atoms with van der Waals surface area (Å²) in [6, 6.07) is 11.4. The molecule has 0 bridgehead atoms. The van der Waals surface area contributed by atoms with Crippen molar-refractivity contribution in [3.63, 3.8) is 0 Å². The highest BCUT2D eigenvalue weighted by molar-refractivity contribution is 5.91. The molecule has 2 N–H and O–H groups in total. The van der Waals surface area contributed by atoms with Gasteiger partial charge in [0.2, 0.25) is 17.6 Å². The van der Waals surface area contributed by atoms with E-state index in [9.17, 15) is 4.79 Å². The molecular formula is C19H21N5O2. The molecule has 0 spiro atoms. The molecule has 0 aliphatic heterocycles. The second-order valence-electron chi connectivity index (χ2n) is 5.73. The van der Waals surface area contributed by atoms with E-state index in [2.05, 4.69) is 25.8 Å². The van der Waals surface area contributed by atoms with E-state index >= 15 is 0 Å². The van der Waals surface area contributed by atoms with E-state index in [4.69, 9.17) is 4.52 Å². The maximum atomic E-state index is 12.3. The second kappa shape index (κ2) is 8.87. The predicted octanol–water partition coefficient (Wildman–Crippen LogP) is 2.81. The first-order valence-corrected chi connectivity index (χ1v) is 8.57. The first kappa shape index (κ1) is 17.8. The first-order valence-electron chi connectivity index (χ1n) is 8.57. The van der Waals surface area contributed by atoms with Gasteiger partial charge in [-0.1, -0.05) is 30.3 Å². The number of nitrogens with zero attached hydrogens (tertiary/aromatic N) is 3. The normalized spacial score (nSPS) is 10.7. The van der Waals surface area contributed by atoms with E-state index in [1.165, 1.54) is 0 Å². The number of aromatic nitrogens is 3. The maximum Gasteiger partial charge on any atom is 0.227 e. The highest BCUT2D eigenvalue weighted by atomic mass is 16.5. The lowest BCUT2D eigenvalue weighted by molar-refractivity contribution is -0.116. The van der Waals surface area contributed by atoms with Gasteiger partial charge in [0.25, 0.3) is 0 Å². The number of anilines is 1. The van der Waals surface area contributed by atoms with Gasteiger partial charge in [-0.3, -0.25) is 9.78 Å². The maximum absolute atomic E-state index is 12.3. The number of hydrogen-bond donors (Lipinski definition) is 2. The fourth-order valence-corrected chi connectivity index (χ4v) is 2.46. The van der Waals surface area contributed by atoms with Crippen molar-refractivity contribution < 1.29 is 9.32 Å². The molecule has 0 aliphatic rings. The number of hydrogen-bond acceptors (Lipinski definition) is 6. The van der Waals surface area contributed by atoms with E-state index in [-0.39, 0.29) is 12.3 Å². The number of benzene rings is 1. The molecule has 7 heteroatoms. The number of nitrogens with one attached hydrogen (secondary N) is 2. The smallest absolute Gasteiger partial charge is 0.227 e. The monoisotopic (exact) mass is 351 g/mol. The van der Waals surface area contributed by atoms with Crippen LogP contribution < -0.4 is 10.6 Å². The SMILES string of the molecule is CCNCc1ccccc1NC(=O)CCc1nc(-c2ccncc2)no1. The molecule has 3 rings (SSSR count). The average molecular weight is 351 g/mol. The van der Waals surface area contributed by atoms with Crippen LogP contribution in [0.15, 0.2) is 53.3 Å². The van der Waals surface area contributed by atoms with Crippen LogP contribution in [0.25, 0.3) is 11.4 Å². The second-order valence-corrected chi connectivity index (χ2v) is 5.73. The first-order chi connectivity index (χ1) is 12.8. The zero-order valence-electron chi connectivity index (χ0n) is 14.6. The minimum Gasteiger partial charge on any atom is -0.339 e. The molecule has 0 fully saturated rings. The van der Waals surface area contributed by atoms with Crippen molar-refractivity contribution in [3.05, 3.63) is 60.2 Å². The van der Waals surface area contributed by atoms with Crippen LogP contribution in [-0.4, -0.2) is 27.6 Å². The summed E-state index contributed by atoms with van der Waals surface area (Å²) in [4.78, 5) is 20.5. The molecule has 3 aromatic rings. The summed E-state index contributed by atoms with van der Waals surface area (Å²) in [5, 5.41) is 10.2. The Balaban J connectivity index is 1.56. The molecule has 0 saturated carbocycles. The van der Waals surface area contributed by atoms with Crippen molar-refractivity contribution in [3.8, 4) is 11.4 Å². The lowest BCUT2D eigenvalue weighted by Crippen LogP contribution is -2.17. The Bertz CT molecular complexity index is 848. The summed E-state index contributed by atoms with van der Waals surface area (Å²) in [6.07, 6.45) is 4.00. The van der Waals surface area contributed by atoms with Gasteiger partial charge in [0.05, 0.1) is 0 Å². The van der Waals surface area contributed by atoms with Gasteiger partial charge in [0.15, 0.2) is 0 Å². The third-order valence-electron chi connectivity index (χ3n) is 3.83. The van der Waals surface area contributed by atoms with Crippen LogP contribution in [0.2, 0.25) is 0 Å². The predicted molar refractivity (Wildman–Crippen MR) is 98.3 cm³/mol. The third-order valence-corrected chi connectivity index (χ3v) is 3.83. The largest absolute Gasteiger partial charge is 0.339 e. The van der Waals surface area contributed by atoms with Crippen molar-refractivity contribution in [2.75, 3.05) is 11.9 Å². The van der Waals surface area contributed by atoms with Gasteiger partial charge in [0.1, 0.15) is 0 Å². The van der Waals surface area contributed by atoms with E-state index in [1.807, 2.05) is 43.3 Å². The average Bonchev–Trinajstić information content (AvgIpc) is 3.15. The molecule has 1 aromatic carbocycles. The molecule has 0 aliphatic carbocycles. The number of para-hydroxylation sites is 1. The quantitative estimate of drug-likeness (QED) is 0.648. The number of carbonyl (C=O) groups excluding carboxylic acids is 1. The van der Waals surface area contributed by atoms with Gasteiger partial charge in [-0.2, -0.15) is 4.98 Å². The number of aryl methyl sites for hydroxylation is 1. The standard InChI is InChI=1S/C19H21N5O2/c1-2-20-13-15-5-3-4-6-16(15)22-17(25)7-8-18-23-19(24-26-18)14-9-11-21-12-10-14/h3-6,9-12,20H,2,7-8,13H2,1H3,(H,22,25). The Morgan fingerprint density at radius 2 is 1.96 bits per heavy atom. The Kier molecular flexibility index (Phi) is 6.05. The van der Waals surface area contributed by atoms with Crippen LogP contribution in [0.3, 0.4) is 0 Å². The topological polar surface area (TPSA) is 92.9 Å². The third kappa shape index (κ3) is 4.73. The van der Waals surface area contributed by atoms with Crippen molar-refractivity contribution in [1.29, 1.82) is 0 Å². The molecule has 7 nitrogen and oxygen atoms in total. The van der Waals surface area contributed by atoms with Gasteiger partial charge in [-0.25, -0.2) is 0 Å². The minimum atomic E-state index is -0.0855. The lowest BCUT2D eigenvalue weighted by atomic mass is 10.1. The summed E-state index contributed by atoms with van der Waals surface area (Å²) in [5.74, 6) is 0.851. The Morgan fingerprint density at radius 3 is 2.77 bits per heavy atom. The van der Waals surface area contributed by atoms with Crippen LogP contribution in [-0.2, 0) is 17.8 Å². The van der Waals surface area contributed by atoms with Crippen LogP contribution in [0.1, 0.15) is 24.8 Å². The summed E-state index contributed by atoms with van der Waals surface area (Å²) in [6.45, 7) is 3.64. The highest BCUT2D eigenvalue weighted by Crippen LogP contribution is 2.17. The molecule has 26 heavy (non-hydrogen) atoms. The van der Waals surface area contributed by atoms with Gasteiger partial charge < -0.3 is 15.2 Å². The van der Waals surface area contributed by atoms with E-state index < -0.39 is 0 Å². The van der Waals surface area contributed by atoms with Crippen LogP contribution in [0, 0.1) is 0 Å². The number of pyridine rings is 1. The molecule has 0 atom stereocenters. The summed E-state index contributed by atoms with van der Waals surface area (Å²) < 4.78 is 5.22. The lowest BCUT2D eigenvalue weighted by Gasteiger charge is -2.11. The van der Waals surface area contributed by atoms with Gasteiger partial charge in [0, 0.05) is 43.0 Å². The summed E-state index contributed by atoms with van der Waals surface area (Å²) in [5.41, 5.74) is 2.71. The van der Waals surface area contributed by atoms with Gasteiger partial charge >= 0.3 is 0 Å². The van der Waals surface area contributed by atoms with Crippen LogP contribution in [0.4, 0.5) is 5.69 Å². The van der Waals surface area contributed by atoms with E-state index in [1.54, 1.807) is 12.4 Å². The summed E-state index contributed by atoms with van der Waals surface area (Å²) >= 11 is 0. The molecular weight excluding hydrogens is 330 g/mol. The van der Waals surface area contributed by atoms with Crippen molar-refractivity contribution in [2.45, 2.75) is 26.3 Å². The molecule has 2 aromatic heterocycles. The highest BCUT2D eigenvalue weighted by Gasteiger charge is 2.11. The fraction of sp³-hybridized carbons (Fsp3) is 0.263. The van der Waals surface area contributed by atoms with Crippen LogP contribution in [0.5, 0.6) is 0 Å². The number of amides is 1. The van der Waals surface area contributed by atoms with Gasteiger partial charge in [-0.05, 0) is 30.3 Å². The zero-order chi connectivity index (χ0) is 18.2. The van der Waals surface area contributed by atoms with Crippen LogP contribution >= 0.6 is 0 Å². The Hall–Kier alpha value is -3.06. The molecule has 0 saturated heterocycles. The van der Waals surface area contributed by atoms with Crippen molar-refractivity contribution >= 4 is 11.6 Å². The van der Waals surface area contributed by atoms with Crippen molar-refractivity contribution in [2.24, 2.45) is 0 Å². The van der Waals surface area contributed by atoms with E-state index in [0.717, 1.165) is 23.4 Å². The molecule has 1 amide bonds. The Labute approximate surface area is 151 Å². The molecule has 2 heterocycles. The van der Waals surface area contributed by atoms with E-state index in [0.29, 0.717) is 24.7 Å².